The highest BCUT2D eigenvalue weighted by atomic mass is 32.1. The maximum Gasteiger partial charge on any atom is 0.263 e. The van der Waals surface area contributed by atoms with Crippen LogP contribution in [-0.2, 0) is 0 Å². The smallest absolute Gasteiger partial charge is 0.263 e. The number of amides is 1. The fourth-order valence-corrected chi connectivity index (χ4v) is 3.91. The number of carbonyl (C=O) groups excluding carboxylic acids is 1. The lowest BCUT2D eigenvalue weighted by Gasteiger charge is -2.30. The molecule has 3 aromatic rings. The van der Waals surface area contributed by atoms with E-state index in [9.17, 15) is 4.79 Å². The van der Waals surface area contributed by atoms with Crippen LogP contribution in [-0.4, -0.2) is 34.0 Å². The third kappa shape index (κ3) is 3.22. The Morgan fingerprint density at radius 3 is 2.72 bits per heavy atom. The molecule has 6 heteroatoms. The van der Waals surface area contributed by atoms with Crippen LogP contribution in [0.1, 0.15) is 39.9 Å². The van der Waals surface area contributed by atoms with E-state index in [2.05, 4.69) is 10.1 Å². The number of likely N-dealkylation sites (tertiary alicyclic amines) is 1. The molecule has 0 atom stereocenters. The molecule has 0 saturated carbocycles. The molecule has 5 nitrogen and oxygen atoms in total. The molecule has 1 saturated heterocycles. The number of benzene rings is 1. The standard InChI is InChI=1S/C19H19N3O2S/c1-13-5-2-3-6-15(13)17-20-18(24-21-17)14-8-10-22(11-9-14)19(23)16-7-4-12-25-16/h2-7,12,14H,8-11H2,1H3. The molecule has 0 radical (unpaired) electrons. The third-order valence-electron chi connectivity index (χ3n) is 4.69. The van der Waals surface area contributed by atoms with Crippen molar-refractivity contribution in [2.45, 2.75) is 25.7 Å². The summed E-state index contributed by atoms with van der Waals surface area (Å²) in [6.45, 7) is 3.49. The Bertz CT molecular complexity index is 864. The first-order chi connectivity index (χ1) is 12.2. The molecule has 0 N–H and O–H groups in total. The predicted molar refractivity (Wildman–Crippen MR) is 96.7 cm³/mol. The molecule has 1 aliphatic rings. The topological polar surface area (TPSA) is 59.2 Å². The predicted octanol–water partition coefficient (Wildman–Crippen LogP) is 4.13. The summed E-state index contributed by atoms with van der Waals surface area (Å²) in [6, 6.07) is 11.8. The average molecular weight is 353 g/mol. The van der Waals surface area contributed by atoms with Gasteiger partial charge in [0.1, 0.15) is 0 Å². The van der Waals surface area contributed by atoms with Gasteiger partial charge in [0.2, 0.25) is 11.7 Å². The van der Waals surface area contributed by atoms with Gasteiger partial charge >= 0.3 is 0 Å². The molecule has 0 aliphatic carbocycles. The molecule has 1 aromatic carbocycles. The highest BCUT2D eigenvalue weighted by Gasteiger charge is 2.28. The highest BCUT2D eigenvalue weighted by Crippen LogP contribution is 2.30. The average Bonchev–Trinajstić information content (AvgIpc) is 3.34. The van der Waals surface area contributed by atoms with Crippen molar-refractivity contribution in [3.63, 3.8) is 0 Å². The Labute approximate surface area is 150 Å². The fourth-order valence-electron chi connectivity index (χ4n) is 3.22. The zero-order chi connectivity index (χ0) is 17.2. The van der Waals surface area contributed by atoms with Gasteiger partial charge in [0, 0.05) is 24.6 Å². The quantitative estimate of drug-likeness (QED) is 0.710. The monoisotopic (exact) mass is 353 g/mol. The number of rotatable bonds is 3. The summed E-state index contributed by atoms with van der Waals surface area (Å²) in [6.07, 6.45) is 1.71. The number of thiophene rings is 1. The van der Waals surface area contributed by atoms with Gasteiger partial charge in [0.05, 0.1) is 4.88 Å². The number of nitrogens with zero attached hydrogens (tertiary/aromatic N) is 3. The second-order valence-corrected chi connectivity index (χ2v) is 7.26. The minimum Gasteiger partial charge on any atom is -0.339 e. The van der Waals surface area contributed by atoms with E-state index in [1.54, 1.807) is 0 Å². The molecule has 0 unspecified atom stereocenters. The van der Waals surface area contributed by atoms with Crippen LogP contribution in [0.3, 0.4) is 0 Å². The van der Waals surface area contributed by atoms with Crippen molar-refractivity contribution in [1.29, 1.82) is 0 Å². The summed E-state index contributed by atoms with van der Waals surface area (Å²) in [5.74, 6) is 1.67. The van der Waals surface area contributed by atoms with Gasteiger partial charge in [-0.05, 0) is 36.8 Å². The van der Waals surface area contributed by atoms with Gasteiger partial charge in [-0.25, -0.2) is 0 Å². The van der Waals surface area contributed by atoms with Crippen LogP contribution < -0.4 is 0 Å². The van der Waals surface area contributed by atoms with Crippen molar-refractivity contribution in [1.82, 2.24) is 15.0 Å². The molecule has 0 spiro atoms. The second-order valence-electron chi connectivity index (χ2n) is 6.31. The summed E-state index contributed by atoms with van der Waals surface area (Å²) in [5.41, 5.74) is 2.13. The Kier molecular flexibility index (Phi) is 4.36. The number of aromatic nitrogens is 2. The lowest BCUT2D eigenvalue weighted by atomic mass is 9.96. The van der Waals surface area contributed by atoms with Crippen LogP contribution in [0.5, 0.6) is 0 Å². The molecule has 1 fully saturated rings. The van der Waals surface area contributed by atoms with Crippen LogP contribution in [0.2, 0.25) is 0 Å². The normalized spacial score (nSPS) is 15.5. The van der Waals surface area contributed by atoms with Gasteiger partial charge in [-0.3, -0.25) is 4.79 Å². The summed E-state index contributed by atoms with van der Waals surface area (Å²) >= 11 is 1.49. The van der Waals surface area contributed by atoms with Crippen LogP contribution in [0.4, 0.5) is 0 Å². The van der Waals surface area contributed by atoms with Crippen LogP contribution >= 0.6 is 11.3 Å². The van der Waals surface area contributed by atoms with Gasteiger partial charge in [-0.2, -0.15) is 4.98 Å². The Hall–Kier alpha value is -2.47. The molecule has 4 rings (SSSR count). The largest absolute Gasteiger partial charge is 0.339 e. The Morgan fingerprint density at radius 1 is 1.20 bits per heavy atom. The van der Waals surface area contributed by atoms with E-state index in [0.29, 0.717) is 11.7 Å². The minimum absolute atomic E-state index is 0.125. The van der Waals surface area contributed by atoms with E-state index in [0.717, 1.165) is 41.9 Å². The van der Waals surface area contributed by atoms with Crippen molar-refractivity contribution >= 4 is 17.2 Å². The molecular weight excluding hydrogens is 334 g/mol. The first kappa shape index (κ1) is 16.0. The SMILES string of the molecule is Cc1ccccc1-c1noc(C2CCN(C(=O)c3cccs3)CC2)n1. The second kappa shape index (κ2) is 6.80. The van der Waals surface area contributed by atoms with Crippen LogP contribution in [0, 0.1) is 6.92 Å². The van der Waals surface area contributed by atoms with Crippen molar-refractivity contribution in [3.05, 3.63) is 58.1 Å². The summed E-state index contributed by atoms with van der Waals surface area (Å²) in [5, 5.41) is 6.09. The van der Waals surface area contributed by atoms with Crippen LogP contribution in [0.15, 0.2) is 46.3 Å². The van der Waals surface area contributed by atoms with E-state index in [4.69, 9.17) is 4.52 Å². The zero-order valence-corrected chi connectivity index (χ0v) is 14.8. The van der Waals surface area contributed by atoms with Gasteiger partial charge < -0.3 is 9.42 Å². The molecule has 25 heavy (non-hydrogen) atoms. The van der Waals surface area contributed by atoms with Gasteiger partial charge in [-0.1, -0.05) is 35.5 Å². The Balaban J connectivity index is 1.43. The number of piperidine rings is 1. The lowest BCUT2D eigenvalue weighted by molar-refractivity contribution is 0.0709. The molecule has 3 heterocycles. The number of aryl methyl sites for hydroxylation is 1. The summed E-state index contributed by atoms with van der Waals surface area (Å²) in [4.78, 5) is 19.7. The van der Waals surface area contributed by atoms with E-state index in [1.807, 2.05) is 53.6 Å². The van der Waals surface area contributed by atoms with Crippen molar-refractivity contribution in [2.75, 3.05) is 13.1 Å². The fraction of sp³-hybridized carbons (Fsp3) is 0.316. The van der Waals surface area contributed by atoms with E-state index >= 15 is 0 Å². The lowest BCUT2D eigenvalue weighted by Crippen LogP contribution is -2.37. The summed E-state index contributed by atoms with van der Waals surface area (Å²) < 4.78 is 5.52. The molecular formula is C19H19N3O2S. The maximum absolute atomic E-state index is 12.4. The third-order valence-corrected chi connectivity index (χ3v) is 5.55. The van der Waals surface area contributed by atoms with Crippen molar-refractivity contribution in [2.24, 2.45) is 0 Å². The highest BCUT2D eigenvalue weighted by molar-refractivity contribution is 7.12. The molecule has 1 amide bonds. The molecule has 0 bridgehead atoms. The van der Waals surface area contributed by atoms with Crippen molar-refractivity contribution in [3.8, 4) is 11.4 Å². The first-order valence-electron chi connectivity index (χ1n) is 8.45. The van der Waals surface area contributed by atoms with E-state index < -0.39 is 0 Å². The van der Waals surface area contributed by atoms with Crippen molar-refractivity contribution < 1.29 is 9.32 Å². The van der Waals surface area contributed by atoms with Gasteiger partial charge in [0.15, 0.2) is 0 Å². The number of hydrogen-bond acceptors (Lipinski definition) is 5. The van der Waals surface area contributed by atoms with Gasteiger partial charge in [0.25, 0.3) is 5.91 Å². The molecule has 128 valence electrons. The Morgan fingerprint density at radius 2 is 2.00 bits per heavy atom. The number of carbonyl (C=O) groups is 1. The molecule has 2 aromatic heterocycles. The van der Waals surface area contributed by atoms with E-state index in [1.165, 1.54) is 11.3 Å². The zero-order valence-electron chi connectivity index (χ0n) is 14.0. The molecule has 1 aliphatic heterocycles. The van der Waals surface area contributed by atoms with E-state index in [-0.39, 0.29) is 11.8 Å². The number of hydrogen-bond donors (Lipinski definition) is 0. The maximum atomic E-state index is 12.4. The van der Waals surface area contributed by atoms with Gasteiger partial charge in [-0.15, -0.1) is 11.3 Å². The summed E-state index contributed by atoms with van der Waals surface area (Å²) in [7, 11) is 0. The van der Waals surface area contributed by atoms with Crippen LogP contribution in [0.25, 0.3) is 11.4 Å². The minimum atomic E-state index is 0.125. The first-order valence-corrected chi connectivity index (χ1v) is 9.33.